The monoisotopic (exact) mass is 412 g/mol. The summed E-state index contributed by atoms with van der Waals surface area (Å²) in [6.07, 6.45) is 0.651. The Hall–Kier alpha value is -2.38. The van der Waals surface area contributed by atoms with Crippen LogP contribution in [0.15, 0.2) is 24.3 Å². The van der Waals surface area contributed by atoms with Crippen molar-refractivity contribution in [3.8, 4) is 17.2 Å². The first-order valence-electron chi connectivity index (χ1n) is 9.90. The zero-order chi connectivity index (χ0) is 21.9. The molecule has 2 rings (SSSR count). The van der Waals surface area contributed by atoms with Crippen molar-refractivity contribution in [3.63, 3.8) is 0 Å². The smallest absolute Gasteiger partial charge is 0.341 e. The summed E-state index contributed by atoms with van der Waals surface area (Å²) in [5.41, 5.74) is 2.82. The largest absolute Gasteiger partial charge is 0.456 e. The number of benzene rings is 1. The molecule has 1 aromatic carbocycles. The molecule has 0 radical (unpaired) electrons. The minimum absolute atomic E-state index is 0.0118. The molecule has 0 atom stereocenters. The van der Waals surface area contributed by atoms with Crippen LogP contribution in [0.5, 0.6) is 0 Å². The highest BCUT2D eigenvalue weighted by molar-refractivity contribution is 6.30. The second-order valence-corrected chi connectivity index (χ2v) is 9.38. The number of hydrogen-bond donors (Lipinski definition) is 0. The maximum atomic E-state index is 13.3. The third-order valence-electron chi connectivity index (χ3n) is 4.30. The number of nitrogens with zero attached hydrogens (tertiary/aromatic N) is 2. The molecule has 0 fully saturated rings. The van der Waals surface area contributed by atoms with Gasteiger partial charge in [-0.2, -0.15) is 5.26 Å². The predicted octanol–water partition coefficient (Wildman–Crippen LogP) is 6.55. The highest BCUT2D eigenvalue weighted by Crippen LogP contribution is 2.36. The minimum Gasteiger partial charge on any atom is -0.456 e. The summed E-state index contributed by atoms with van der Waals surface area (Å²) in [7, 11) is 0. The third kappa shape index (κ3) is 5.58. The maximum absolute atomic E-state index is 13.3. The van der Waals surface area contributed by atoms with Crippen molar-refractivity contribution in [1.82, 2.24) is 4.98 Å². The lowest BCUT2D eigenvalue weighted by molar-refractivity contribution is 0.00682. The highest BCUT2D eigenvalue weighted by Gasteiger charge is 2.30. The molecule has 154 valence electrons. The topological polar surface area (TPSA) is 63.0 Å². The van der Waals surface area contributed by atoms with Gasteiger partial charge in [0.2, 0.25) is 0 Å². The molecule has 0 aliphatic heterocycles. The van der Waals surface area contributed by atoms with Crippen molar-refractivity contribution in [3.05, 3.63) is 51.8 Å². The summed E-state index contributed by atoms with van der Waals surface area (Å²) in [6, 6.07) is 9.48. The highest BCUT2D eigenvalue weighted by atomic mass is 35.5. The number of pyridine rings is 1. The Labute approximate surface area is 178 Å². The van der Waals surface area contributed by atoms with Crippen molar-refractivity contribution >= 4 is 17.6 Å². The summed E-state index contributed by atoms with van der Waals surface area (Å²) < 4.78 is 5.71. The van der Waals surface area contributed by atoms with Crippen LogP contribution in [0.3, 0.4) is 0 Å². The van der Waals surface area contributed by atoms with E-state index >= 15 is 0 Å². The van der Waals surface area contributed by atoms with Gasteiger partial charge in [0.1, 0.15) is 11.7 Å². The first kappa shape index (κ1) is 22.9. The van der Waals surface area contributed by atoms with Gasteiger partial charge < -0.3 is 4.74 Å². The second kappa shape index (κ2) is 8.97. The Balaban J connectivity index is 2.92. The normalized spacial score (nSPS) is 11.6. The van der Waals surface area contributed by atoms with Gasteiger partial charge >= 0.3 is 5.97 Å². The third-order valence-corrected chi connectivity index (χ3v) is 4.55. The van der Waals surface area contributed by atoms with Crippen molar-refractivity contribution in [2.24, 2.45) is 5.92 Å². The molecular formula is C24H29ClN2O2. The van der Waals surface area contributed by atoms with Crippen LogP contribution in [0.4, 0.5) is 0 Å². The first-order chi connectivity index (χ1) is 13.4. The van der Waals surface area contributed by atoms with Crippen LogP contribution in [0.2, 0.25) is 5.02 Å². The van der Waals surface area contributed by atoms with Gasteiger partial charge in [-0.1, -0.05) is 51.4 Å². The molecule has 1 aromatic heterocycles. The molecule has 5 heteroatoms. The molecule has 0 saturated carbocycles. The molecule has 1 heterocycles. The molecule has 0 unspecified atom stereocenters. The molecule has 0 saturated heterocycles. The van der Waals surface area contributed by atoms with Crippen LogP contribution in [-0.4, -0.2) is 16.6 Å². The fourth-order valence-corrected chi connectivity index (χ4v) is 3.29. The lowest BCUT2D eigenvalue weighted by atomic mass is 9.88. The fraction of sp³-hybridized carbons (Fsp3) is 0.458. The number of rotatable bonds is 5. The van der Waals surface area contributed by atoms with E-state index in [1.807, 2.05) is 46.8 Å². The Morgan fingerprint density at radius 1 is 1.17 bits per heavy atom. The van der Waals surface area contributed by atoms with Crippen molar-refractivity contribution in [2.75, 3.05) is 0 Å². The molecule has 0 aliphatic carbocycles. The van der Waals surface area contributed by atoms with Crippen molar-refractivity contribution in [2.45, 2.75) is 66.4 Å². The van der Waals surface area contributed by atoms with E-state index in [0.717, 1.165) is 5.56 Å². The van der Waals surface area contributed by atoms with E-state index in [0.29, 0.717) is 45.4 Å². The van der Waals surface area contributed by atoms with Gasteiger partial charge in [0.15, 0.2) is 0 Å². The van der Waals surface area contributed by atoms with E-state index < -0.39 is 11.6 Å². The van der Waals surface area contributed by atoms with Gasteiger partial charge in [-0.05, 0) is 56.7 Å². The molecule has 0 aliphatic rings. The van der Waals surface area contributed by atoms with E-state index in [2.05, 4.69) is 19.9 Å². The molecule has 0 bridgehead atoms. The zero-order valence-corrected chi connectivity index (χ0v) is 19.0. The Bertz CT molecular complexity index is 933. The Morgan fingerprint density at radius 2 is 1.76 bits per heavy atom. The summed E-state index contributed by atoms with van der Waals surface area (Å²) in [5.74, 6) is -0.159. The maximum Gasteiger partial charge on any atom is 0.341 e. The standard InChI is InChI=1S/C24H29ClN2O2/c1-14(2)12-19-18(13-26)20(16-8-10-17(25)11-9-16)21(22(27-19)15(3)4)23(28)29-24(5,6)7/h8-11,14-15H,12H2,1-7H3. The summed E-state index contributed by atoms with van der Waals surface area (Å²) in [4.78, 5) is 18.0. The second-order valence-electron chi connectivity index (χ2n) is 8.94. The average molecular weight is 413 g/mol. The molecule has 0 amide bonds. The quantitative estimate of drug-likeness (QED) is 0.522. The summed E-state index contributed by atoms with van der Waals surface area (Å²) in [5, 5.41) is 10.6. The van der Waals surface area contributed by atoms with Crippen molar-refractivity contribution in [1.29, 1.82) is 5.26 Å². The number of hydrogen-bond acceptors (Lipinski definition) is 4. The molecule has 29 heavy (non-hydrogen) atoms. The van der Waals surface area contributed by atoms with E-state index in [9.17, 15) is 10.1 Å². The molecule has 0 N–H and O–H groups in total. The summed E-state index contributed by atoms with van der Waals surface area (Å²) in [6.45, 7) is 13.6. The number of ether oxygens (including phenoxy) is 1. The SMILES string of the molecule is CC(C)Cc1nc(C(C)C)c(C(=O)OC(C)(C)C)c(-c2ccc(Cl)cc2)c1C#N. The van der Waals surface area contributed by atoms with Crippen LogP contribution in [0.25, 0.3) is 11.1 Å². The lowest BCUT2D eigenvalue weighted by Gasteiger charge is -2.24. The van der Waals surface area contributed by atoms with E-state index in [-0.39, 0.29) is 5.92 Å². The molecule has 0 spiro atoms. The number of aromatic nitrogens is 1. The van der Waals surface area contributed by atoms with Gasteiger partial charge in [0.05, 0.1) is 22.5 Å². The molecular weight excluding hydrogens is 384 g/mol. The van der Waals surface area contributed by atoms with Gasteiger partial charge in [0, 0.05) is 10.6 Å². The molecule has 4 nitrogen and oxygen atoms in total. The minimum atomic E-state index is -0.661. The number of carbonyl (C=O) groups excluding carboxylic acids is 1. The zero-order valence-electron chi connectivity index (χ0n) is 18.3. The fourth-order valence-electron chi connectivity index (χ4n) is 3.17. The van der Waals surface area contributed by atoms with Gasteiger partial charge in [-0.3, -0.25) is 4.98 Å². The van der Waals surface area contributed by atoms with Gasteiger partial charge in [0.25, 0.3) is 0 Å². The van der Waals surface area contributed by atoms with Crippen LogP contribution in [-0.2, 0) is 11.2 Å². The first-order valence-corrected chi connectivity index (χ1v) is 10.3. The number of halogens is 1. The van der Waals surface area contributed by atoms with Crippen molar-refractivity contribution < 1.29 is 9.53 Å². The number of nitriles is 1. The van der Waals surface area contributed by atoms with Gasteiger partial charge in [-0.25, -0.2) is 4.79 Å². The van der Waals surface area contributed by atoms with Crippen LogP contribution in [0.1, 0.15) is 81.7 Å². The van der Waals surface area contributed by atoms with E-state index in [4.69, 9.17) is 21.3 Å². The lowest BCUT2D eigenvalue weighted by Crippen LogP contribution is -2.26. The molecule has 2 aromatic rings. The van der Waals surface area contributed by atoms with E-state index in [1.54, 1.807) is 12.1 Å². The van der Waals surface area contributed by atoms with Crippen LogP contribution in [0, 0.1) is 17.2 Å². The van der Waals surface area contributed by atoms with Gasteiger partial charge in [-0.15, -0.1) is 0 Å². The Kier molecular flexibility index (Phi) is 7.08. The van der Waals surface area contributed by atoms with Crippen LogP contribution >= 0.6 is 11.6 Å². The summed E-state index contributed by atoms with van der Waals surface area (Å²) >= 11 is 6.08. The Morgan fingerprint density at radius 3 is 2.21 bits per heavy atom. The predicted molar refractivity (Wildman–Crippen MR) is 117 cm³/mol. The van der Waals surface area contributed by atoms with E-state index in [1.165, 1.54) is 0 Å². The average Bonchev–Trinajstić information content (AvgIpc) is 2.59. The number of esters is 1. The van der Waals surface area contributed by atoms with Crippen LogP contribution < -0.4 is 0 Å². The number of carbonyl (C=O) groups is 1.